The van der Waals surface area contributed by atoms with Crippen LogP contribution in [0.25, 0.3) is 0 Å². The molecule has 2 aromatic carbocycles. The summed E-state index contributed by atoms with van der Waals surface area (Å²) in [6.45, 7) is 0.615. The van der Waals surface area contributed by atoms with Crippen molar-refractivity contribution in [2.75, 3.05) is 11.9 Å². The zero-order valence-electron chi connectivity index (χ0n) is 10.8. The molecule has 1 heterocycles. The largest absolute Gasteiger partial charge is 0.488 e. The second-order valence-electron chi connectivity index (χ2n) is 4.82. The molecule has 1 N–H and O–H groups in total. The molecule has 3 rings (SSSR count). The summed E-state index contributed by atoms with van der Waals surface area (Å²) < 4.78 is 5.85. The van der Waals surface area contributed by atoms with Gasteiger partial charge in [-0.05, 0) is 35.9 Å². The third kappa shape index (κ3) is 3.35. The molecule has 2 nitrogen and oxygen atoms in total. The molecule has 0 fully saturated rings. The standard InChI is InChI=1S/C15H11Cl4NO/c16-9-1-2-15-8(3-9)4-10(21-15)7-20-14-6-12(18)11(17)5-13(14)19/h1-3,5-6,10,20H,4,7H2. The monoisotopic (exact) mass is 361 g/mol. The molecule has 6 heteroatoms. The number of ether oxygens (including phenoxy) is 1. The van der Waals surface area contributed by atoms with E-state index in [9.17, 15) is 0 Å². The van der Waals surface area contributed by atoms with Crippen LogP contribution in [0.5, 0.6) is 5.75 Å². The van der Waals surface area contributed by atoms with E-state index in [0.717, 1.165) is 28.4 Å². The Morgan fingerprint density at radius 2 is 1.76 bits per heavy atom. The van der Waals surface area contributed by atoms with Gasteiger partial charge in [-0.2, -0.15) is 0 Å². The van der Waals surface area contributed by atoms with E-state index in [4.69, 9.17) is 51.1 Å². The Kier molecular flexibility index (Phi) is 4.41. The molecule has 0 amide bonds. The van der Waals surface area contributed by atoms with E-state index in [-0.39, 0.29) is 6.10 Å². The third-order valence-electron chi connectivity index (χ3n) is 3.29. The Hall–Kier alpha value is -0.800. The Morgan fingerprint density at radius 1 is 1.00 bits per heavy atom. The van der Waals surface area contributed by atoms with Crippen molar-refractivity contribution in [3.63, 3.8) is 0 Å². The van der Waals surface area contributed by atoms with Crippen LogP contribution in [0, 0.1) is 0 Å². The Balaban J connectivity index is 1.66. The van der Waals surface area contributed by atoms with Crippen LogP contribution in [0.2, 0.25) is 20.1 Å². The molecular formula is C15H11Cl4NO. The number of nitrogens with one attached hydrogen (secondary N) is 1. The van der Waals surface area contributed by atoms with Crippen LogP contribution < -0.4 is 10.1 Å². The SMILES string of the molecule is Clc1ccc2c(c1)CC(CNc1cc(Cl)c(Cl)cc1Cl)O2. The predicted octanol–water partition coefficient (Wildman–Crippen LogP) is 5.72. The normalized spacial score (nSPS) is 16.5. The van der Waals surface area contributed by atoms with Gasteiger partial charge in [0, 0.05) is 11.4 Å². The molecular weight excluding hydrogens is 352 g/mol. The van der Waals surface area contributed by atoms with Crippen LogP contribution in [-0.2, 0) is 6.42 Å². The van der Waals surface area contributed by atoms with Gasteiger partial charge < -0.3 is 10.1 Å². The quantitative estimate of drug-likeness (QED) is 0.705. The lowest BCUT2D eigenvalue weighted by atomic mass is 10.1. The average molecular weight is 363 g/mol. The first-order valence-electron chi connectivity index (χ1n) is 6.36. The van der Waals surface area contributed by atoms with Crippen LogP contribution in [0.1, 0.15) is 5.56 Å². The zero-order chi connectivity index (χ0) is 15.0. The maximum absolute atomic E-state index is 6.13. The number of hydrogen-bond acceptors (Lipinski definition) is 2. The number of rotatable bonds is 3. The molecule has 0 spiro atoms. The molecule has 0 saturated heterocycles. The van der Waals surface area contributed by atoms with E-state index in [1.54, 1.807) is 12.1 Å². The van der Waals surface area contributed by atoms with Gasteiger partial charge in [0.1, 0.15) is 11.9 Å². The summed E-state index contributed by atoms with van der Waals surface area (Å²) in [6, 6.07) is 8.99. The van der Waals surface area contributed by atoms with Gasteiger partial charge in [0.2, 0.25) is 0 Å². The van der Waals surface area contributed by atoms with Gasteiger partial charge >= 0.3 is 0 Å². The van der Waals surface area contributed by atoms with E-state index < -0.39 is 0 Å². The lowest BCUT2D eigenvalue weighted by Crippen LogP contribution is -2.24. The average Bonchev–Trinajstić information content (AvgIpc) is 2.83. The van der Waals surface area contributed by atoms with Gasteiger partial charge in [0.25, 0.3) is 0 Å². The number of benzene rings is 2. The Bertz CT molecular complexity index is 690. The molecule has 0 bridgehead atoms. The van der Waals surface area contributed by atoms with Crippen LogP contribution in [-0.4, -0.2) is 12.6 Å². The lowest BCUT2D eigenvalue weighted by Gasteiger charge is -2.14. The predicted molar refractivity (Wildman–Crippen MR) is 89.5 cm³/mol. The van der Waals surface area contributed by atoms with Crippen molar-refractivity contribution in [2.24, 2.45) is 0 Å². The maximum atomic E-state index is 6.13. The molecule has 110 valence electrons. The summed E-state index contributed by atoms with van der Waals surface area (Å²) in [7, 11) is 0. The second-order valence-corrected chi connectivity index (χ2v) is 6.48. The Morgan fingerprint density at radius 3 is 2.57 bits per heavy atom. The van der Waals surface area contributed by atoms with Crippen molar-refractivity contribution in [1.29, 1.82) is 0 Å². The molecule has 1 atom stereocenters. The van der Waals surface area contributed by atoms with Gasteiger partial charge in [0.05, 0.1) is 27.3 Å². The summed E-state index contributed by atoms with van der Waals surface area (Å²) in [4.78, 5) is 0. The van der Waals surface area contributed by atoms with Gasteiger partial charge in [-0.3, -0.25) is 0 Å². The fourth-order valence-corrected chi connectivity index (χ4v) is 3.09. The third-order valence-corrected chi connectivity index (χ3v) is 4.56. The molecule has 1 aliphatic heterocycles. The molecule has 2 aromatic rings. The van der Waals surface area contributed by atoms with E-state index in [2.05, 4.69) is 5.32 Å². The molecule has 0 radical (unpaired) electrons. The topological polar surface area (TPSA) is 21.3 Å². The van der Waals surface area contributed by atoms with E-state index in [1.165, 1.54) is 0 Å². The summed E-state index contributed by atoms with van der Waals surface area (Å²) >= 11 is 24.0. The van der Waals surface area contributed by atoms with Crippen molar-refractivity contribution in [3.8, 4) is 5.75 Å². The first-order chi connectivity index (χ1) is 10.0. The highest BCUT2D eigenvalue weighted by atomic mass is 35.5. The minimum atomic E-state index is 0.0315. The highest BCUT2D eigenvalue weighted by Crippen LogP contribution is 2.34. The fourth-order valence-electron chi connectivity index (χ4n) is 2.28. The molecule has 0 aliphatic carbocycles. The smallest absolute Gasteiger partial charge is 0.123 e. The van der Waals surface area contributed by atoms with Crippen molar-refractivity contribution in [3.05, 3.63) is 56.0 Å². The molecule has 1 unspecified atom stereocenters. The van der Waals surface area contributed by atoms with Crippen molar-refractivity contribution >= 4 is 52.1 Å². The van der Waals surface area contributed by atoms with E-state index in [0.29, 0.717) is 21.6 Å². The van der Waals surface area contributed by atoms with Crippen molar-refractivity contribution < 1.29 is 4.74 Å². The second kappa shape index (κ2) is 6.13. The maximum Gasteiger partial charge on any atom is 0.123 e. The van der Waals surface area contributed by atoms with Gasteiger partial charge in [-0.1, -0.05) is 46.4 Å². The summed E-state index contributed by atoms with van der Waals surface area (Å²) in [6.07, 6.45) is 0.839. The number of fused-ring (bicyclic) bond motifs is 1. The summed E-state index contributed by atoms with van der Waals surface area (Å²) in [5.74, 6) is 0.881. The van der Waals surface area contributed by atoms with E-state index >= 15 is 0 Å². The number of hydrogen-bond donors (Lipinski definition) is 1. The van der Waals surface area contributed by atoms with Crippen LogP contribution in [0.15, 0.2) is 30.3 Å². The molecule has 1 aliphatic rings. The highest BCUT2D eigenvalue weighted by Gasteiger charge is 2.23. The minimum Gasteiger partial charge on any atom is -0.488 e. The first-order valence-corrected chi connectivity index (χ1v) is 7.87. The zero-order valence-corrected chi connectivity index (χ0v) is 13.8. The van der Waals surface area contributed by atoms with Crippen molar-refractivity contribution in [2.45, 2.75) is 12.5 Å². The van der Waals surface area contributed by atoms with Gasteiger partial charge in [0.15, 0.2) is 0 Å². The summed E-state index contributed by atoms with van der Waals surface area (Å²) in [5, 5.41) is 5.39. The van der Waals surface area contributed by atoms with Gasteiger partial charge in [-0.15, -0.1) is 0 Å². The fraction of sp³-hybridized carbons (Fsp3) is 0.200. The molecule has 0 saturated carbocycles. The summed E-state index contributed by atoms with van der Waals surface area (Å²) in [5.41, 5.74) is 1.86. The van der Waals surface area contributed by atoms with Gasteiger partial charge in [-0.25, -0.2) is 0 Å². The highest BCUT2D eigenvalue weighted by molar-refractivity contribution is 6.44. The van der Waals surface area contributed by atoms with E-state index in [1.807, 2.05) is 18.2 Å². The molecule has 21 heavy (non-hydrogen) atoms. The van der Waals surface area contributed by atoms with Crippen molar-refractivity contribution in [1.82, 2.24) is 0 Å². The lowest BCUT2D eigenvalue weighted by molar-refractivity contribution is 0.246. The molecule has 0 aromatic heterocycles. The van der Waals surface area contributed by atoms with Crippen LogP contribution in [0.3, 0.4) is 0 Å². The van der Waals surface area contributed by atoms with Crippen LogP contribution in [0.4, 0.5) is 5.69 Å². The number of halogens is 4. The van der Waals surface area contributed by atoms with Crippen LogP contribution >= 0.6 is 46.4 Å². The Labute approximate surface area is 142 Å². The number of anilines is 1. The minimum absolute atomic E-state index is 0.0315. The first kappa shape index (κ1) is 15.1.